The van der Waals surface area contributed by atoms with Crippen molar-refractivity contribution in [2.24, 2.45) is 0 Å². The molecule has 3 heteroatoms. The lowest BCUT2D eigenvalue weighted by Gasteiger charge is -2.07. The van der Waals surface area contributed by atoms with E-state index in [4.69, 9.17) is 0 Å². The van der Waals surface area contributed by atoms with Gasteiger partial charge in [0.15, 0.2) is 0 Å². The fourth-order valence-corrected chi connectivity index (χ4v) is 2.25. The molecule has 0 aliphatic heterocycles. The molecule has 1 heterocycles. The molecule has 0 unspecified atom stereocenters. The van der Waals surface area contributed by atoms with E-state index < -0.39 is 0 Å². The number of hydrogen-bond acceptors (Lipinski definition) is 1. The van der Waals surface area contributed by atoms with E-state index in [1.807, 2.05) is 19.1 Å². The number of aromatic nitrogens is 1. The molecule has 104 valence electrons. The normalized spacial score (nSPS) is 10.6. The molecule has 0 aliphatic carbocycles. The highest BCUT2D eigenvalue weighted by molar-refractivity contribution is 5.71. The third-order valence-corrected chi connectivity index (χ3v) is 3.27. The Morgan fingerprint density at radius 2 is 1.19 bits per heavy atom. The topological polar surface area (TPSA) is 12.9 Å². The summed E-state index contributed by atoms with van der Waals surface area (Å²) in [7, 11) is 0. The van der Waals surface area contributed by atoms with Gasteiger partial charge in [-0.15, -0.1) is 0 Å². The molecule has 0 fully saturated rings. The second kappa shape index (κ2) is 5.44. The van der Waals surface area contributed by atoms with Crippen molar-refractivity contribution in [3.05, 3.63) is 78.0 Å². The molecule has 21 heavy (non-hydrogen) atoms. The highest BCUT2D eigenvalue weighted by Crippen LogP contribution is 2.26. The Labute approximate surface area is 121 Å². The van der Waals surface area contributed by atoms with Gasteiger partial charge in [0.1, 0.15) is 11.6 Å². The monoisotopic (exact) mass is 281 g/mol. The van der Waals surface area contributed by atoms with E-state index in [1.165, 1.54) is 24.3 Å². The van der Waals surface area contributed by atoms with E-state index in [1.54, 1.807) is 24.3 Å². The minimum atomic E-state index is -0.273. The lowest BCUT2D eigenvalue weighted by Crippen LogP contribution is -1.90. The van der Waals surface area contributed by atoms with Crippen LogP contribution in [0, 0.1) is 18.6 Å². The van der Waals surface area contributed by atoms with Gasteiger partial charge in [0.05, 0.1) is 5.69 Å². The number of aryl methyl sites for hydroxylation is 1. The highest BCUT2D eigenvalue weighted by atomic mass is 19.1. The van der Waals surface area contributed by atoms with Crippen LogP contribution in [-0.2, 0) is 0 Å². The summed E-state index contributed by atoms with van der Waals surface area (Å²) in [6.07, 6.45) is 0. The van der Waals surface area contributed by atoms with Gasteiger partial charge in [0, 0.05) is 11.3 Å². The molecule has 0 spiro atoms. The lowest BCUT2D eigenvalue weighted by atomic mass is 10.0. The summed E-state index contributed by atoms with van der Waals surface area (Å²) in [5.41, 5.74) is 4.36. The molecule has 0 radical (unpaired) electrons. The molecular weight excluding hydrogens is 268 g/mol. The van der Waals surface area contributed by atoms with Crippen molar-refractivity contribution in [1.82, 2.24) is 4.98 Å². The Hall–Kier alpha value is -2.55. The summed E-state index contributed by atoms with van der Waals surface area (Å²) in [4.78, 5) is 4.48. The summed E-state index contributed by atoms with van der Waals surface area (Å²) in [6.45, 7) is 1.90. The van der Waals surface area contributed by atoms with Crippen LogP contribution in [0.25, 0.3) is 22.4 Å². The van der Waals surface area contributed by atoms with Crippen molar-refractivity contribution in [3.8, 4) is 22.4 Å². The molecule has 0 saturated carbocycles. The van der Waals surface area contributed by atoms with Crippen molar-refractivity contribution in [3.63, 3.8) is 0 Å². The number of rotatable bonds is 2. The van der Waals surface area contributed by atoms with Crippen LogP contribution in [-0.4, -0.2) is 4.98 Å². The van der Waals surface area contributed by atoms with Crippen molar-refractivity contribution in [2.75, 3.05) is 0 Å². The molecule has 0 aliphatic rings. The van der Waals surface area contributed by atoms with Crippen LogP contribution in [0.5, 0.6) is 0 Å². The Bertz CT molecular complexity index is 698. The number of halogens is 2. The van der Waals surface area contributed by atoms with Crippen molar-refractivity contribution in [2.45, 2.75) is 6.92 Å². The molecule has 2 aromatic carbocycles. The molecule has 1 aromatic heterocycles. The predicted molar refractivity (Wildman–Crippen MR) is 79.8 cm³/mol. The van der Waals surface area contributed by atoms with Gasteiger partial charge in [0.25, 0.3) is 0 Å². The van der Waals surface area contributed by atoms with Crippen LogP contribution in [0.2, 0.25) is 0 Å². The first-order valence-electron chi connectivity index (χ1n) is 6.62. The summed E-state index contributed by atoms with van der Waals surface area (Å²) < 4.78 is 26.0. The Balaban J connectivity index is 2.07. The van der Waals surface area contributed by atoms with E-state index in [2.05, 4.69) is 4.98 Å². The smallest absolute Gasteiger partial charge is 0.123 e. The van der Waals surface area contributed by atoms with Gasteiger partial charge in [-0.2, -0.15) is 0 Å². The largest absolute Gasteiger partial charge is 0.253 e. The van der Waals surface area contributed by atoms with Gasteiger partial charge in [-0.05, 0) is 66.6 Å². The summed E-state index contributed by atoms with van der Waals surface area (Å²) in [6, 6.07) is 16.4. The number of hydrogen-bond donors (Lipinski definition) is 0. The van der Waals surface area contributed by atoms with Gasteiger partial charge >= 0.3 is 0 Å². The second-order valence-electron chi connectivity index (χ2n) is 4.90. The van der Waals surface area contributed by atoms with Gasteiger partial charge < -0.3 is 0 Å². The van der Waals surface area contributed by atoms with Gasteiger partial charge in [-0.3, -0.25) is 4.98 Å². The van der Waals surface area contributed by atoms with Crippen molar-refractivity contribution in [1.29, 1.82) is 0 Å². The Kier molecular flexibility index (Phi) is 3.48. The quantitative estimate of drug-likeness (QED) is 0.644. The Morgan fingerprint density at radius 3 is 1.76 bits per heavy atom. The first-order chi connectivity index (χ1) is 10.1. The Morgan fingerprint density at radius 1 is 0.667 bits per heavy atom. The maximum Gasteiger partial charge on any atom is 0.123 e. The molecule has 0 amide bonds. The fourth-order valence-electron chi connectivity index (χ4n) is 2.25. The van der Waals surface area contributed by atoms with Gasteiger partial charge in [0.2, 0.25) is 0 Å². The van der Waals surface area contributed by atoms with Crippen LogP contribution < -0.4 is 0 Å². The lowest BCUT2D eigenvalue weighted by molar-refractivity contribution is 0.627. The molecule has 0 saturated heterocycles. The average Bonchev–Trinajstić information content (AvgIpc) is 2.48. The maximum absolute atomic E-state index is 13.0. The van der Waals surface area contributed by atoms with E-state index >= 15 is 0 Å². The third kappa shape index (κ3) is 2.97. The zero-order valence-electron chi connectivity index (χ0n) is 11.5. The average molecular weight is 281 g/mol. The van der Waals surface area contributed by atoms with Crippen LogP contribution >= 0.6 is 0 Å². The van der Waals surface area contributed by atoms with Crippen LogP contribution in [0.1, 0.15) is 5.69 Å². The fraction of sp³-hybridized carbons (Fsp3) is 0.0556. The second-order valence-corrected chi connectivity index (χ2v) is 4.90. The number of nitrogens with zero attached hydrogens (tertiary/aromatic N) is 1. The number of pyridine rings is 1. The zero-order chi connectivity index (χ0) is 14.8. The minimum Gasteiger partial charge on any atom is -0.253 e. The van der Waals surface area contributed by atoms with E-state index in [9.17, 15) is 8.78 Å². The molecule has 3 aromatic rings. The summed E-state index contributed by atoms with van der Waals surface area (Å²) >= 11 is 0. The van der Waals surface area contributed by atoms with Crippen molar-refractivity contribution < 1.29 is 8.78 Å². The van der Waals surface area contributed by atoms with Crippen molar-refractivity contribution >= 4 is 0 Å². The SMILES string of the molecule is Cc1cc(-c2ccc(F)cc2)cc(-c2ccc(F)cc2)n1. The minimum absolute atomic E-state index is 0.261. The molecule has 3 rings (SSSR count). The van der Waals surface area contributed by atoms with Gasteiger partial charge in [-0.1, -0.05) is 12.1 Å². The summed E-state index contributed by atoms with van der Waals surface area (Å²) in [5, 5.41) is 0. The standard InChI is InChI=1S/C18H13F2N/c1-12-10-15(13-2-6-16(19)7-3-13)11-18(21-12)14-4-8-17(20)9-5-14/h2-11H,1H3. The molecule has 0 atom stereocenters. The summed E-state index contributed by atoms with van der Waals surface area (Å²) in [5.74, 6) is -0.534. The number of benzene rings is 2. The highest BCUT2D eigenvalue weighted by Gasteiger charge is 2.05. The van der Waals surface area contributed by atoms with Crippen LogP contribution in [0.15, 0.2) is 60.7 Å². The van der Waals surface area contributed by atoms with E-state index in [0.717, 1.165) is 28.1 Å². The molecule has 1 nitrogen and oxygen atoms in total. The van der Waals surface area contributed by atoms with E-state index in [-0.39, 0.29) is 11.6 Å². The molecular formula is C18H13F2N. The molecule has 0 N–H and O–H groups in total. The molecule has 0 bridgehead atoms. The van der Waals surface area contributed by atoms with E-state index in [0.29, 0.717) is 0 Å². The zero-order valence-corrected chi connectivity index (χ0v) is 11.5. The first kappa shape index (κ1) is 13.4. The van der Waals surface area contributed by atoms with Crippen LogP contribution in [0.4, 0.5) is 8.78 Å². The van der Waals surface area contributed by atoms with Crippen LogP contribution in [0.3, 0.4) is 0 Å². The maximum atomic E-state index is 13.0. The predicted octanol–water partition coefficient (Wildman–Crippen LogP) is 5.00. The third-order valence-electron chi connectivity index (χ3n) is 3.27. The first-order valence-corrected chi connectivity index (χ1v) is 6.62. The van der Waals surface area contributed by atoms with Gasteiger partial charge in [-0.25, -0.2) is 8.78 Å².